The van der Waals surface area contributed by atoms with Crippen LogP contribution in [0.15, 0.2) is 22.7 Å². The molecule has 0 aliphatic carbocycles. The quantitative estimate of drug-likeness (QED) is 0.616. The normalized spacial score (nSPS) is 10.9. The van der Waals surface area contributed by atoms with E-state index in [9.17, 15) is 0 Å². The van der Waals surface area contributed by atoms with Crippen molar-refractivity contribution in [1.29, 1.82) is 0 Å². The molecule has 0 bridgehead atoms. The predicted molar refractivity (Wildman–Crippen MR) is 92.1 cm³/mol. The number of ether oxygens (including phenoxy) is 2. The molecule has 0 aliphatic rings. The van der Waals surface area contributed by atoms with Crippen molar-refractivity contribution in [3.8, 4) is 0 Å². The highest BCUT2D eigenvalue weighted by atomic mass is 79.9. The molecule has 1 aromatic rings. The second kappa shape index (κ2) is 11.0. The van der Waals surface area contributed by atoms with Gasteiger partial charge in [0.25, 0.3) is 0 Å². The van der Waals surface area contributed by atoms with Crippen LogP contribution in [0.3, 0.4) is 0 Å². The van der Waals surface area contributed by atoms with Crippen LogP contribution >= 0.6 is 15.9 Å². The molecule has 0 spiro atoms. The van der Waals surface area contributed by atoms with Crippen LogP contribution in [0, 0.1) is 0 Å². The van der Waals surface area contributed by atoms with Crippen molar-refractivity contribution in [2.24, 2.45) is 0 Å². The summed E-state index contributed by atoms with van der Waals surface area (Å²) < 4.78 is 11.6. The summed E-state index contributed by atoms with van der Waals surface area (Å²) >= 11 is 3.56. The molecule has 0 fully saturated rings. The van der Waals surface area contributed by atoms with Crippen molar-refractivity contribution in [2.45, 2.75) is 19.9 Å². The molecule has 21 heavy (non-hydrogen) atoms. The Balaban J connectivity index is 2.87. The topological polar surface area (TPSA) is 33.7 Å². The second-order valence-corrected chi connectivity index (χ2v) is 5.84. The Hall–Kier alpha value is -0.620. The molecular weight excluding hydrogens is 332 g/mol. The Morgan fingerprint density at radius 1 is 1.14 bits per heavy atom. The average molecular weight is 359 g/mol. The van der Waals surface area contributed by atoms with Gasteiger partial charge in [0.05, 0.1) is 13.2 Å². The van der Waals surface area contributed by atoms with Crippen LogP contribution in [0.1, 0.15) is 18.9 Å². The zero-order valence-electron chi connectivity index (χ0n) is 13.3. The lowest BCUT2D eigenvalue weighted by atomic mass is 10.1. The number of rotatable bonds is 11. The molecule has 0 unspecified atom stereocenters. The Morgan fingerprint density at radius 2 is 1.81 bits per heavy atom. The fourth-order valence-corrected chi connectivity index (χ4v) is 2.57. The predicted octanol–water partition coefficient (Wildman–Crippen LogP) is 3.05. The first kappa shape index (κ1) is 18.4. The molecule has 0 aliphatic heterocycles. The van der Waals surface area contributed by atoms with Crippen LogP contribution in [-0.2, 0) is 16.0 Å². The van der Waals surface area contributed by atoms with E-state index in [1.807, 2.05) is 0 Å². The number of methoxy groups -OCH3 is 2. The Kier molecular flexibility index (Phi) is 9.67. The highest BCUT2D eigenvalue weighted by molar-refractivity contribution is 9.10. The molecule has 0 saturated carbocycles. The fourth-order valence-electron chi connectivity index (χ4n) is 2.16. The molecule has 0 heterocycles. The van der Waals surface area contributed by atoms with Crippen LogP contribution in [0.25, 0.3) is 0 Å². The van der Waals surface area contributed by atoms with E-state index in [-0.39, 0.29) is 0 Å². The molecule has 120 valence electrons. The number of halogens is 1. The SMILES string of the molecule is CCCNCc1cc(Br)ccc1N(CCOC)CCOC. The van der Waals surface area contributed by atoms with E-state index >= 15 is 0 Å². The minimum atomic E-state index is 0.710. The van der Waals surface area contributed by atoms with Gasteiger partial charge in [-0.15, -0.1) is 0 Å². The monoisotopic (exact) mass is 358 g/mol. The second-order valence-electron chi connectivity index (χ2n) is 4.92. The van der Waals surface area contributed by atoms with Crippen LogP contribution in [0.2, 0.25) is 0 Å². The van der Waals surface area contributed by atoms with Crippen molar-refractivity contribution in [2.75, 3.05) is 52.0 Å². The lowest BCUT2D eigenvalue weighted by molar-refractivity contribution is 0.190. The van der Waals surface area contributed by atoms with Gasteiger partial charge in [-0.05, 0) is 36.7 Å². The largest absolute Gasteiger partial charge is 0.383 e. The Morgan fingerprint density at radius 3 is 2.38 bits per heavy atom. The standard InChI is InChI=1S/C16H27BrN2O2/c1-4-7-18-13-14-12-15(17)5-6-16(14)19(8-10-20-2)9-11-21-3/h5-6,12,18H,4,7-11,13H2,1-3H3. The fraction of sp³-hybridized carbons (Fsp3) is 0.625. The molecule has 1 aromatic carbocycles. The van der Waals surface area contributed by atoms with Crippen molar-refractivity contribution in [1.82, 2.24) is 5.32 Å². The van der Waals surface area contributed by atoms with E-state index in [4.69, 9.17) is 9.47 Å². The zero-order valence-corrected chi connectivity index (χ0v) is 14.9. The third kappa shape index (κ3) is 6.78. The maximum atomic E-state index is 5.23. The van der Waals surface area contributed by atoms with E-state index in [0.717, 1.165) is 37.1 Å². The third-order valence-electron chi connectivity index (χ3n) is 3.26. The number of anilines is 1. The lowest BCUT2D eigenvalue weighted by Crippen LogP contribution is -2.32. The van der Waals surface area contributed by atoms with Crippen LogP contribution in [0.5, 0.6) is 0 Å². The van der Waals surface area contributed by atoms with Crippen molar-refractivity contribution >= 4 is 21.6 Å². The molecule has 0 saturated heterocycles. The van der Waals surface area contributed by atoms with Crippen molar-refractivity contribution < 1.29 is 9.47 Å². The third-order valence-corrected chi connectivity index (χ3v) is 3.75. The summed E-state index contributed by atoms with van der Waals surface area (Å²) in [6.07, 6.45) is 1.14. The number of hydrogen-bond acceptors (Lipinski definition) is 4. The first-order chi connectivity index (χ1) is 10.2. The minimum absolute atomic E-state index is 0.710. The number of nitrogens with one attached hydrogen (secondary N) is 1. The summed E-state index contributed by atoms with van der Waals surface area (Å²) in [5.74, 6) is 0. The molecular formula is C16H27BrN2O2. The maximum absolute atomic E-state index is 5.23. The number of benzene rings is 1. The van der Waals surface area contributed by atoms with Crippen LogP contribution < -0.4 is 10.2 Å². The van der Waals surface area contributed by atoms with E-state index in [2.05, 4.69) is 51.3 Å². The van der Waals surface area contributed by atoms with Crippen LogP contribution in [-0.4, -0.2) is 47.1 Å². The van der Waals surface area contributed by atoms with Gasteiger partial charge in [-0.3, -0.25) is 0 Å². The number of hydrogen-bond donors (Lipinski definition) is 1. The molecule has 0 radical (unpaired) electrons. The van der Waals surface area contributed by atoms with Gasteiger partial charge in [-0.2, -0.15) is 0 Å². The van der Waals surface area contributed by atoms with Crippen molar-refractivity contribution in [3.63, 3.8) is 0 Å². The van der Waals surface area contributed by atoms with Crippen LogP contribution in [0.4, 0.5) is 5.69 Å². The molecule has 4 nitrogen and oxygen atoms in total. The zero-order chi connectivity index (χ0) is 15.5. The molecule has 5 heteroatoms. The van der Waals surface area contributed by atoms with Gasteiger partial charge in [0.2, 0.25) is 0 Å². The minimum Gasteiger partial charge on any atom is -0.383 e. The molecule has 1 N–H and O–H groups in total. The van der Waals surface area contributed by atoms with Gasteiger partial charge in [0.15, 0.2) is 0 Å². The van der Waals surface area contributed by atoms with Crippen molar-refractivity contribution in [3.05, 3.63) is 28.2 Å². The van der Waals surface area contributed by atoms with Gasteiger partial charge >= 0.3 is 0 Å². The Bertz CT molecular complexity index is 394. The molecule has 0 amide bonds. The summed E-state index contributed by atoms with van der Waals surface area (Å²) in [5, 5.41) is 3.48. The van der Waals surface area contributed by atoms with Gasteiger partial charge in [0, 0.05) is 44.0 Å². The molecule has 0 atom stereocenters. The van der Waals surface area contributed by atoms with E-state index in [1.54, 1.807) is 14.2 Å². The first-order valence-corrected chi connectivity index (χ1v) is 8.24. The lowest BCUT2D eigenvalue weighted by Gasteiger charge is -2.27. The Labute approximate surface area is 136 Å². The number of nitrogens with zero attached hydrogens (tertiary/aromatic N) is 1. The van der Waals surface area contributed by atoms with E-state index < -0.39 is 0 Å². The van der Waals surface area contributed by atoms with Gasteiger partial charge < -0.3 is 19.7 Å². The highest BCUT2D eigenvalue weighted by Gasteiger charge is 2.11. The molecule has 1 rings (SSSR count). The summed E-state index contributed by atoms with van der Waals surface area (Å²) in [7, 11) is 3.47. The molecule has 0 aromatic heterocycles. The summed E-state index contributed by atoms with van der Waals surface area (Å²) in [5.41, 5.74) is 2.54. The van der Waals surface area contributed by atoms with Gasteiger partial charge in [-0.25, -0.2) is 0 Å². The van der Waals surface area contributed by atoms with E-state index in [1.165, 1.54) is 11.3 Å². The van der Waals surface area contributed by atoms with Gasteiger partial charge in [0.1, 0.15) is 0 Å². The summed E-state index contributed by atoms with van der Waals surface area (Å²) in [6, 6.07) is 6.44. The average Bonchev–Trinajstić information content (AvgIpc) is 2.49. The maximum Gasteiger partial charge on any atom is 0.0637 e. The smallest absolute Gasteiger partial charge is 0.0637 e. The highest BCUT2D eigenvalue weighted by Crippen LogP contribution is 2.24. The summed E-state index contributed by atoms with van der Waals surface area (Å²) in [6.45, 7) is 7.23. The van der Waals surface area contributed by atoms with Gasteiger partial charge in [-0.1, -0.05) is 22.9 Å². The first-order valence-electron chi connectivity index (χ1n) is 7.44. The summed E-state index contributed by atoms with van der Waals surface area (Å²) in [4.78, 5) is 2.32. The van der Waals surface area contributed by atoms with E-state index in [0.29, 0.717) is 13.2 Å².